The molecule has 0 saturated carbocycles. The summed E-state index contributed by atoms with van der Waals surface area (Å²) < 4.78 is 71.6. The summed E-state index contributed by atoms with van der Waals surface area (Å²) in [4.78, 5) is 13.4. The zero-order chi connectivity index (χ0) is 30.4. The van der Waals surface area contributed by atoms with Gasteiger partial charge in [0.2, 0.25) is 0 Å². The maximum Gasteiger partial charge on any atom is 0.251 e. The molecule has 0 spiro atoms. The zero-order valence-electron chi connectivity index (χ0n) is 23.4. The molecule has 5 rings (SSSR count). The molecular weight excluding hydrogens is 554 g/mol. The van der Waals surface area contributed by atoms with Crippen LogP contribution < -0.4 is 10.1 Å². The number of hydrogen-bond donors (Lipinski definition) is 2. The van der Waals surface area contributed by atoms with Crippen molar-refractivity contribution in [2.75, 3.05) is 20.3 Å². The third kappa shape index (κ3) is 5.41. The Morgan fingerprint density at radius 1 is 1.12 bits per heavy atom. The highest BCUT2D eigenvalue weighted by atomic mass is 19.1. The van der Waals surface area contributed by atoms with E-state index >= 15 is 8.78 Å². The Balaban J connectivity index is 1.58. The van der Waals surface area contributed by atoms with Crippen molar-refractivity contribution in [3.05, 3.63) is 88.4 Å². The van der Waals surface area contributed by atoms with Crippen LogP contribution in [0.15, 0.2) is 48.5 Å². The number of benzene rings is 3. The van der Waals surface area contributed by atoms with Gasteiger partial charge in [0.05, 0.1) is 37.1 Å². The zero-order valence-corrected chi connectivity index (χ0v) is 23.4. The number of aryl methyl sites for hydroxylation is 1. The molecule has 1 aromatic heterocycles. The topological polar surface area (TPSA) is 93.6 Å². The van der Waals surface area contributed by atoms with Gasteiger partial charge < -0.3 is 19.9 Å². The van der Waals surface area contributed by atoms with E-state index in [4.69, 9.17) is 9.47 Å². The van der Waals surface area contributed by atoms with E-state index in [-0.39, 0.29) is 35.2 Å². The van der Waals surface area contributed by atoms with E-state index in [0.717, 1.165) is 18.2 Å². The third-order valence-corrected chi connectivity index (χ3v) is 7.37. The van der Waals surface area contributed by atoms with Crippen LogP contribution in [0.1, 0.15) is 47.4 Å². The summed E-state index contributed by atoms with van der Waals surface area (Å²) >= 11 is 0. The summed E-state index contributed by atoms with van der Waals surface area (Å²) in [5.41, 5.74) is -3.29. The maximum atomic E-state index is 16.3. The van der Waals surface area contributed by atoms with Crippen molar-refractivity contribution in [3.8, 4) is 16.9 Å². The van der Waals surface area contributed by atoms with E-state index in [1.807, 2.05) is 0 Å². The van der Waals surface area contributed by atoms with Crippen LogP contribution in [0.4, 0.5) is 17.6 Å². The number of ether oxygens (including phenoxy) is 2. The first-order chi connectivity index (χ1) is 19.8. The molecule has 0 unspecified atom stereocenters. The Kier molecular flexibility index (Phi) is 7.67. The van der Waals surface area contributed by atoms with Gasteiger partial charge in [-0.05, 0) is 62.7 Å². The largest absolute Gasteiger partial charge is 0.494 e. The second-order valence-electron chi connectivity index (χ2n) is 10.9. The number of amides is 1. The standard InChI is InChI=1S/C31H29F4N3O4/c1-16-9-18-10-19(11-24(41-4)28(18)38-37-16)29(39)36-15-31(13-21(33)14-42-31)23-12-22(30(2,3)40)26(34)25(27(23)35)17-5-7-20(32)8-6-17/h5-12,21,40H,13-15H2,1-4H3,(H,36,39)/t21-,31-/m0/s1. The smallest absolute Gasteiger partial charge is 0.251 e. The quantitative estimate of drug-likeness (QED) is 0.274. The van der Waals surface area contributed by atoms with Crippen molar-refractivity contribution in [3.63, 3.8) is 0 Å². The molecule has 0 bridgehead atoms. The molecule has 0 aliphatic carbocycles. The molecule has 1 amide bonds. The van der Waals surface area contributed by atoms with Crippen molar-refractivity contribution in [1.82, 2.24) is 15.5 Å². The monoisotopic (exact) mass is 583 g/mol. The number of halogens is 4. The second kappa shape index (κ2) is 11.0. The highest BCUT2D eigenvalue weighted by molar-refractivity contribution is 5.99. The molecule has 2 N–H and O–H groups in total. The van der Waals surface area contributed by atoms with Crippen molar-refractivity contribution >= 4 is 16.8 Å². The van der Waals surface area contributed by atoms with Gasteiger partial charge in [0.15, 0.2) is 0 Å². The molecule has 220 valence electrons. The van der Waals surface area contributed by atoms with Gasteiger partial charge >= 0.3 is 0 Å². The average Bonchev–Trinajstić information content (AvgIpc) is 3.32. The Labute approximate surface area is 239 Å². The van der Waals surface area contributed by atoms with Crippen LogP contribution in [-0.4, -0.2) is 47.6 Å². The van der Waals surface area contributed by atoms with Crippen molar-refractivity contribution < 1.29 is 36.9 Å². The molecule has 4 aromatic rings. The van der Waals surface area contributed by atoms with E-state index in [9.17, 15) is 18.7 Å². The molecule has 0 radical (unpaired) electrons. The van der Waals surface area contributed by atoms with Crippen LogP contribution >= 0.6 is 0 Å². The normalized spacial score (nSPS) is 18.8. The number of rotatable bonds is 7. The van der Waals surface area contributed by atoms with Gasteiger partial charge in [-0.2, -0.15) is 5.10 Å². The predicted molar refractivity (Wildman–Crippen MR) is 147 cm³/mol. The van der Waals surface area contributed by atoms with E-state index < -0.39 is 52.9 Å². The van der Waals surface area contributed by atoms with Gasteiger partial charge in [0.1, 0.15) is 40.5 Å². The first-order valence-electron chi connectivity index (χ1n) is 13.2. The summed E-state index contributed by atoms with van der Waals surface area (Å²) in [6.07, 6.45) is -1.85. The molecule has 1 fully saturated rings. The number of alkyl halides is 1. The van der Waals surface area contributed by atoms with Gasteiger partial charge in [-0.1, -0.05) is 12.1 Å². The number of aliphatic hydroxyl groups is 1. The fourth-order valence-corrected chi connectivity index (χ4v) is 5.26. The number of fused-ring (bicyclic) bond motifs is 1. The van der Waals surface area contributed by atoms with Gasteiger partial charge in [-0.3, -0.25) is 4.79 Å². The summed E-state index contributed by atoms with van der Waals surface area (Å²) in [6.45, 7) is 3.63. The van der Waals surface area contributed by atoms with E-state index in [2.05, 4.69) is 15.5 Å². The summed E-state index contributed by atoms with van der Waals surface area (Å²) in [5.74, 6) is -3.00. The molecule has 7 nitrogen and oxygen atoms in total. The van der Waals surface area contributed by atoms with Crippen LogP contribution in [-0.2, 0) is 15.9 Å². The van der Waals surface area contributed by atoms with Crippen LogP contribution in [0.25, 0.3) is 22.0 Å². The fraction of sp³-hybridized carbons (Fsp3) is 0.323. The van der Waals surface area contributed by atoms with Crippen molar-refractivity contribution in [2.45, 2.75) is 44.6 Å². The number of methoxy groups -OCH3 is 1. The van der Waals surface area contributed by atoms with Gasteiger partial charge in [0, 0.05) is 28.5 Å². The van der Waals surface area contributed by atoms with Gasteiger partial charge in [-0.15, -0.1) is 5.10 Å². The molecule has 1 saturated heterocycles. The summed E-state index contributed by atoms with van der Waals surface area (Å²) in [6, 6.07) is 10.4. The number of carbonyl (C=O) groups is 1. The van der Waals surface area contributed by atoms with Gasteiger partial charge in [-0.25, -0.2) is 17.6 Å². The minimum Gasteiger partial charge on any atom is -0.494 e. The molecule has 11 heteroatoms. The second-order valence-corrected chi connectivity index (χ2v) is 10.9. The summed E-state index contributed by atoms with van der Waals surface area (Å²) in [7, 11) is 1.43. The van der Waals surface area contributed by atoms with E-state index in [0.29, 0.717) is 22.3 Å². The van der Waals surface area contributed by atoms with Crippen LogP contribution in [0.5, 0.6) is 5.75 Å². The van der Waals surface area contributed by atoms with Crippen LogP contribution in [0.3, 0.4) is 0 Å². The third-order valence-electron chi connectivity index (χ3n) is 7.37. The first-order valence-corrected chi connectivity index (χ1v) is 13.2. The minimum absolute atomic E-state index is 0.00869. The number of nitrogens with one attached hydrogen (secondary N) is 1. The van der Waals surface area contributed by atoms with Crippen molar-refractivity contribution in [2.24, 2.45) is 0 Å². The molecular formula is C31H29F4N3O4. The molecule has 1 aliphatic rings. The van der Waals surface area contributed by atoms with Crippen molar-refractivity contribution in [1.29, 1.82) is 0 Å². The molecule has 3 aromatic carbocycles. The molecule has 2 heterocycles. The molecule has 42 heavy (non-hydrogen) atoms. The van der Waals surface area contributed by atoms with Crippen LogP contribution in [0, 0.1) is 24.4 Å². The Bertz CT molecular complexity index is 1670. The highest BCUT2D eigenvalue weighted by Crippen LogP contribution is 2.44. The van der Waals surface area contributed by atoms with E-state index in [1.54, 1.807) is 19.1 Å². The number of carbonyl (C=O) groups excluding carboxylic acids is 1. The lowest BCUT2D eigenvalue weighted by Gasteiger charge is -2.32. The number of hydrogen-bond acceptors (Lipinski definition) is 6. The highest BCUT2D eigenvalue weighted by Gasteiger charge is 2.46. The molecule has 1 aliphatic heterocycles. The Morgan fingerprint density at radius 2 is 1.83 bits per heavy atom. The number of nitrogens with zero attached hydrogens (tertiary/aromatic N) is 2. The lowest BCUT2D eigenvalue weighted by atomic mass is 9.82. The predicted octanol–water partition coefficient (Wildman–Crippen LogP) is 5.64. The van der Waals surface area contributed by atoms with E-state index in [1.165, 1.54) is 39.2 Å². The maximum absolute atomic E-state index is 16.3. The lowest BCUT2D eigenvalue weighted by Crippen LogP contribution is -2.42. The number of aromatic nitrogens is 2. The first kappa shape index (κ1) is 29.4. The average molecular weight is 584 g/mol. The lowest BCUT2D eigenvalue weighted by molar-refractivity contribution is -0.00316. The fourth-order valence-electron chi connectivity index (χ4n) is 5.26. The SMILES string of the molecule is COc1cc(C(=O)NC[C@]2(c3cc(C(C)(C)O)c(F)c(-c4ccc(F)cc4)c3F)C[C@H](F)CO2)cc2cc(C)nnc12. The minimum atomic E-state index is -1.78. The summed E-state index contributed by atoms with van der Waals surface area (Å²) in [5, 5.41) is 22.2. The molecule has 2 atom stereocenters. The van der Waals surface area contributed by atoms with Crippen LogP contribution in [0.2, 0.25) is 0 Å². The Hall–Kier alpha value is -4.09. The van der Waals surface area contributed by atoms with Gasteiger partial charge in [0.25, 0.3) is 5.91 Å². The Morgan fingerprint density at radius 3 is 2.45 bits per heavy atom.